The molecule has 8 atom stereocenters. The number of aryl methyl sites for hydroxylation is 1. The first-order valence-corrected chi connectivity index (χ1v) is 10.8. The molecule has 8 heteroatoms. The van der Waals surface area contributed by atoms with Gasteiger partial charge in [0, 0.05) is 27.7 Å². The van der Waals surface area contributed by atoms with Crippen molar-refractivity contribution in [3.63, 3.8) is 0 Å². The summed E-state index contributed by atoms with van der Waals surface area (Å²) >= 11 is 0. The average molecular weight is 410 g/mol. The van der Waals surface area contributed by atoms with E-state index in [0.29, 0.717) is 6.42 Å². The lowest BCUT2D eigenvalue weighted by Gasteiger charge is -2.22. The molecule has 1 saturated heterocycles. The Morgan fingerprint density at radius 2 is 2.08 bits per heavy atom. The van der Waals surface area contributed by atoms with E-state index >= 15 is 0 Å². The predicted octanol–water partition coefficient (Wildman–Crippen LogP) is 3.42. The molecule has 2 aliphatic rings. The third-order valence-electron chi connectivity index (χ3n) is 5.17. The van der Waals surface area contributed by atoms with Crippen molar-refractivity contribution in [1.29, 1.82) is 0 Å². The molecule has 4 nitrogen and oxygen atoms in total. The van der Waals surface area contributed by atoms with Gasteiger partial charge in [0.15, 0.2) is 0 Å². The highest BCUT2D eigenvalue weighted by molar-refractivity contribution is 7.92. The van der Waals surface area contributed by atoms with E-state index in [2.05, 4.69) is 64.1 Å². The minimum Gasteiger partial charge on any atom is -0.462 e. The molecule has 1 heterocycles. The number of hydrogen-bond donors (Lipinski definition) is 0. The molecule has 1 aromatic carbocycles. The first-order chi connectivity index (χ1) is 12.6. The van der Waals surface area contributed by atoms with Crippen molar-refractivity contribution in [2.45, 2.75) is 44.0 Å². The van der Waals surface area contributed by atoms with Gasteiger partial charge in [-0.3, -0.25) is 4.79 Å². The number of ether oxygens (including phenoxy) is 1. The maximum Gasteiger partial charge on any atom is 0.336 e. The third-order valence-corrected chi connectivity index (χ3v) is 5.83. The number of carbonyl (C=O) groups is 1. The second-order valence-electron chi connectivity index (χ2n) is 6.93. The highest BCUT2D eigenvalue weighted by Crippen LogP contribution is 2.44. The Hall–Kier alpha value is -0.295. The van der Waals surface area contributed by atoms with Crippen molar-refractivity contribution in [1.82, 2.24) is 0 Å². The van der Waals surface area contributed by atoms with Gasteiger partial charge >= 0.3 is 12.3 Å². The van der Waals surface area contributed by atoms with Crippen LogP contribution >= 0.6 is 27.7 Å². The number of hydrogen-bond acceptors (Lipinski definition) is 4. The molecule has 1 aliphatic heterocycles. The molecule has 2 fully saturated rings. The van der Waals surface area contributed by atoms with Crippen molar-refractivity contribution < 1.29 is 18.7 Å². The number of fused-ring (bicyclic) bond motifs is 1. The molecular weight excluding hydrogens is 384 g/mol. The van der Waals surface area contributed by atoms with Crippen LogP contribution in [0.2, 0.25) is 0 Å². The molecule has 140 valence electrons. The van der Waals surface area contributed by atoms with E-state index in [1.807, 2.05) is 6.07 Å². The van der Waals surface area contributed by atoms with Crippen LogP contribution in [-0.2, 0) is 25.1 Å². The van der Waals surface area contributed by atoms with E-state index < -0.39 is 0 Å². The van der Waals surface area contributed by atoms with Gasteiger partial charge in [-0.1, -0.05) is 42.5 Å². The number of esters is 1. The zero-order valence-electron chi connectivity index (χ0n) is 14.7. The summed E-state index contributed by atoms with van der Waals surface area (Å²) < 4.78 is 17.1. The summed E-state index contributed by atoms with van der Waals surface area (Å²) in [5.74, 6) is 0.291. The Labute approximate surface area is 162 Å². The van der Waals surface area contributed by atoms with Gasteiger partial charge in [0.2, 0.25) is 0 Å². The van der Waals surface area contributed by atoms with Crippen LogP contribution in [0.1, 0.15) is 24.8 Å². The average Bonchev–Trinajstić information content (AvgIpc) is 3.11. The van der Waals surface area contributed by atoms with E-state index in [-0.39, 0.29) is 42.5 Å². The molecule has 0 spiro atoms. The maximum absolute atomic E-state index is 11.7. The predicted molar refractivity (Wildman–Crippen MR) is 115 cm³/mol. The highest BCUT2D eigenvalue weighted by atomic mass is 31.1. The van der Waals surface area contributed by atoms with Crippen LogP contribution in [0.4, 0.5) is 0 Å². The smallest absolute Gasteiger partial charge is 0.336 e. The fourth-order valence-corrected chi connectivity index (χ4v) is 4.56. The molecule has 0 bridgehead atoms. The van der Waals surface area contributed by atoms with Crippen LogP contribution in [0.15, 0.2) is 42.5 Å². The van der Waals surface area contributed by atoms with Gasteiger partial charge in [-0.05, 0) is 18.4 Å². The second kappa shape index (κ2) is 9.76. The third kappa shape index (κ3) is 5.37. The Morgan fingerprint density at radius 3 is 2.77 bits per heavy atom. The monoisotopic (exact) mass is 410 g/mol. The van der Waals surface area contributed by atoms with Crippen molar-refractivity contribution in [3.8, 4) is 0 Å². The summed E-state index contributed by atoms with van der Waals surface area (Å²) in [5.41, 5.74) is 1.30. The maximum atomic E-state index is 11.7. The fraction of sp³-hybridized carbons (Fsp3) is 0.500. The van der Waals surface area contributed by atoms with Gasteiger partial charge in [-0.25, -0.2) is 0 Å². The Kier molecular flexibility index (Phi) is 7.68. The van der Waals surface area contributed by atoms with Crippen molar-refractivity contribution in [2.24, 2.45) is 11.8 Å². The highest BCUT2D eigenvalue weighted by Gasteiger charge is 2.49. The van der Waals surface area contributed by atoms with Crippen LogP contribution in [0.25, 0.3) is 0 Å². The first kappa shape index (κ1) is 20.4. The van der Waals surface area contributed by atoms with Gasteiger partial charge in [-0.2, -0.15) is 0 Å². The number of benzene rings is 1. The van der Waals surface area contributed by atoms with Crippen LogP contribution in [0.5, 0.6) is 0 Å². The van der Waals surface area contributed by atoms with E-state index in [1.54, 1.807) is 0 Å². The summed E-state index contributed by atoms with van der Waals surface area (Å²) in [5, 5.41) is 0. The fourth-order valence-electron chi connectivity index (χ4n) is 3.93. The second-order valence-corrected chi connectivity index (χ2v) is 9.29. The zero-order valence-corrected chi connectivity index (χ0v) is 18.2. The van der Waals surface area contributed by atoms with Crippen molar-refractivity contribution in [2.75, 3.05) is 0 Å². The molecule has 26 heavy (non-hydrogen) atoms. The molecule has 3 rings (SSSR count). The topological polar surface area (TPSA) is 44.8 Å². The molecule has 0 amide bonds. The van der Waals surface area contributed by atoms with Gasteiger partial charge < -0.3 is 13.9 Å². The summed E-state index contributed by atoms with van der Waals surface area (Å²) in [6.07, 6.45) is 7.46. The summed E-state index contributed by atoms with van der Waals surface area (Å²) in [6.45, 7) is 0. The number of carbonyl (C=O) groups excluding carboxylic acids is 1. The summed E-state index contributed by atoms with van der Waals surface area (Å²) in [7, 11) is 7.66. The summed E-state index contributed by atoms with van der Waals surface area (Å²) in [4.78, 5) is 11.7. The van der Waals surface area contributed by atoms with Crippen LogP contribution in [0.3, 0.4) is 0 Å². The lowest BCUT2D eigenvalue weighted by molar-refractivity contribution is -0.141. The molecule has 0 radical (unpaired) electrons. The Morgan fingerprint density at radius 1 is 1.31 bits per heavy atom. The molecule has 0 aromatic heterocycles. The SMILES string of the molecule is O=C1C[C@@H]2[C@@H](C=C[C@H](CCc3ccccc3)OP)[C@H](OB(P)P)C[C@@H]2O1. The van der Waals surface area contributed by atoms with Gasteiger partial charge in [0.05, 0.1) is 18.6 Å². The first-order valence-electron chi connectivity index (χ1n) is 9.00. The minimum atomic E-state index is -0.0897. The van der Waals surface area contributed by atoms with Gasteiger partial charge in [0.1, 0.15) is 6.10 Å². The van der Waals surface area contributed by atoms with E-state index in [0.717, 1.165) is 19.3 Å². The van der Waals surface area contributed by atoms with E-state index in [4.69, 9.17) is 13.9 Å². The van der Waals surface area contributed by atoms with Crippen LogP contribution in [0, 0.1) is 11.8 Å². The zero-order chi connectivity index (χ0) is 18.5. The normalized spacial score (nSPS) is 29.0. The van der Waals surface area contributed by atoms with E-state index in [1.165, 1.54) is 5.56 Å². The van der Waals surface area contributed by atoms with Crippen molar-refractivity contribution in [3.05, 3.63) is 48.0 Å². The van der Waals surface area contributed by atoms with Crippen LogP contribution < -0.4 is 0 Å². The Balaban J connectivity index is 1.63. The molecular formula is C18H26BO4P3. The number of rotatable bonds is 8. The molecule has 1 aliphatic carbocycles. The quantitative estimate of drug-likeness (QED) is 0.285. The lowest BCUT2D eigenvalue weighted by Crippen LogP contribution is -2.24. The standard InChI is InChI=1S/C18H26BO4P3/c20-18-10-15-14(17(22-19(24)25)11-16(15)21-18)9-8-13(23-26)7-6-12-4-2-1-3-5-12/h1-5,8-9,13-17H,6-7,10-11,24-26H2/t13-,14+,15+,16-,17+/m0/s1. The molecule has 0 N–H and O–H groups in total. The Bertz CT molecular complexity index is 628. The molecule has 1 saturated carbocycles. The summed E-state index contributed by atoms with van der Waals surface area (Å²) in [6, 6.07) is 10.4. The largest absolute Gasteiger partial charge is 0.462 e. The molecule has 1 aromatic rings. The molecule has 3 unspecified atom stereocenters. The van der Waals surface area contributed by atoms with Crippen molar-refractivity contribution >= 4 is 40.0 Å². The minimum absolute atomic E-state index is 0.00251. The van der Waals surface area contributed by atoms with Crippen LogP contribution in [-0.4, -0.2) is 30.6 Å². The van der Waals surface area contributed by atoms with Gasteiger partial charge in [-0.15, -0.1) is 18.2 Å². The lowest BCUT2D eigenvalue weighted by atomic mass is 9.91. The van der Waals surface area contributed by atoms with E-state index in [9.17, 15) is 4.79 Å². The van der Waals surface area contributed by atoms with Gasteiger partial charge in [0.25, 0.3) is 0 Å².